The molecule has 0 fully saturated rings. The fraction of sp³-hybridized carbons (Fsp3) is 0. The third-order valence-electron chi connectivity index (χ3n) is 0.403. The van der Waals surface area contributed by atoms with E-state index in [-0.39, 0.29) is 46.7 Å². The van der Waals surface area contributed by atoms with Crippen LogP contribution in [0.3, 0.4) is 0 Å². The Kier molecular flexibility index (Phi) is 14.8. The van der Waals surface area contributed by atoms with Crippen molar-refractivity contribution in [3.63, 3.8) is 0 Å². The molecular formula is H6ClO10P4Sb. The second kappa shape index (κ2) is 8.95. The summed E-state index contributed by atoms with van der Waals surface area (Å²) in [6.45, 7) is 0. The van der Waals surface area contributed by atoms with Crippen LogP contribution < -0.4 is 19.6 Å². The van der Waals surface area contributed by atoms with Crippen molar-refractivity contribution in [3.05, 3.63) is 0 Å². The molecule has 0 aromatic carbocycles. The molecule has 0 bridgehead atoms. The number of halogens is 1. The third-order valence-corrected chi connectivity index (χ3v) is 3.63. The van der Waals surface area contributed by atoms with Gasteiger partial charge in [0.25, 0.3) is 15.6 Å². The fourth-order valence-electron chi connectivity index (χ4n) is 0.264. The first-order valence-corrected chi connectivity index (χ1v) is 6.62. The first-order valence-electron chi connectivity index (χ1n) is 2.21. The van der Waals surface area contributed by atoms with Crippen LogP contribution in [0.25, 0.3) is 0 Å². The molecule has 0 aliphatic carbocycles. The summed E-state index contributed by atoms with van der Waals surface area (Å²) >= 11 is 0. The predicted molar refractivity (Wildman–Crippen MR) is 46.9 cm³/mol. The fourth-order valence-corrected chi connectivity index (χ4v) is 2.64. The van der Waals surface area contributed by atoms with E-state index in [1.165, 1.54) is 0 Å². The average molecular weight is 447 g/mol. The van der Waals surface area contributed by atoms with Crippen LogP contribution in [-0.4, -0.2) is 29.3 Å². The molecule has 0 heterocycles. The molecule has 0 aliphatic heterocycles. The molecule has 0 aromatic rings. The van der Waals surface area contributed by atoms with Crippen LogP contribution in [0.15, 0.2) is 0 Å². The molecule has 0 aliphatic rings. The molecule has 98 valence electrons. The van der Waals surface area contributed by atoms with Gasteiger partial charge in [0.1, 0.15) is 0 Å². The van der Waals surface area contributed by atoms with Crippen LogP contribution >= 0.6 is 33.4 Å². The molecule has 16 heavy (non-hydrogen) atoms. The van der Waals surface area contributed by atoms with Crippen molar-refractivity contribution in [3.8, 4) is 0 Å². The SMILES string of the molecule is O=P([O-])([O-])OP(=O)([O-])OP(=O)([O-])O.P.[ClH2+].[Sb+3]. The van der Waals surface area contributed by atoms with Crippen LogP contribution in [0.5, 0.6) is 0 Å². The smallest absolute Gasteiger partial charge is 0.790 e. The standard InChI is InChI=1S/ClH2.H5O10P3.H3P.Sb/c;1-11(2,3)9-13(7,8)10-12(4,5)6;;/h1H2;(H,7,8)(H2,1,2,3)(H2,4,5,6);1H3;/q+1;;;+3/p-4. The molecule has 2 radical (unpaired) electrons. The molecule has 0 saturated heterocycles. The van der Waals surface area contributed by atoms with Crippen molar-refractivity contribution in [1.82, 2.24) is 0 Å². The van der Waals surface area contributed by atoms with Crippen molar-refractivity contribution in [2.75, 3.05) is 0 Å². The second-order valence-corrected chi connectivity index (χ2v) is 5.56. The molecule has 0 amide bonds. The Morgan fingerprint density at radius 3 is 1.44 bits per heavy atom. The largest absolute Gasteiger partial charge is 3.00 e. The van der Waals surface area contributed by atoms with Crippen molar-refractivity contribution in [1.29, 1.82) is 0 Å². The quantitative estimate of drug-likeness (QED) is 0.329. The molecule has 0 saturated carbocycles. The van der Waals surface area contributed by atoms with Gasteiger partial charge in [-0.1, -0.05) is 0 Å². The molecule has 16 heteroatoms. The van der Waals surface area contributed by atoms with Crippen LogP contribution in [0.1, 0.15) is 0 Å². The molecule has 0 aromatic heterocycles. The maximum atomic E-state index is 10.1. The molecule has 0 rings (SSSR count). The summed E-state index contributed by atoms with van der Waals surface area (Å²) in [4.78, 5) is 47.0. The third kappa shape index (κ3) is 18.3. The minimum absolute atomic E-state index is 0. The summed E-state index contributed by atoms with van der Waals surface area (Å²) in [7, 11) is -17.6. The molecule has 0 spiro atoms. The molecule has 3 atom stereocenters. The zero-order valence-electron chi connectivity index (χ0n) is 7.06. The van der Waals surface area contributed by atoms with Gasteiger partial charge in [-0.15, -0.1) is 0 Å². The maximum Gasteiger partial charge on any atom is 3.00 e. The summed E-state index contributed by atoms with van der Waals surface area (Å²) in [6, 6.07) is 0. The van der Waals surface area contributed by atoms with Crippen LogP contribution in [0.4, 0.5) is 0 Å². The zero-order valence-corrected chi connectivity index (χ0v) is 14.6. The van der Waals surface area contributed by atoms with E-state index in [0.29, 0.717) is 0 Å². The van der Waals surface area contributed by atoms with E-state index in [2.05, 4.69) is 8.62 Å². The van der Waals surface area contributed by atoms with E-state index in [1.54, 1.807) is 0 Å². The number of phosphoric acid groups is 3. The van der Waals surface area contributed by atoms with E-state index in [4.69, 9.17) is 4.89 Å². The molecular weight excluding hydrogens is 441 g/mol. The Bertz CT molecular complexity index is 285. The van der Waals surface area contributed by atoms with Gasteiger partial charge in [-0.3, -0.25) is 13.4 Å². The molecule has 10 nitrogen and oxygen atoms in total. The van der Waals surface area contributed by atoms with Crippen molar-refractivity contribution < 1.29 is 59.2 Å². The maximum absolute atomic E-state index is 10.1. The molecule has 1 N–H and O–H groups in total. The van der Waals surface area contributed by atoms with Gasteiger partial charge in [0, 0.05) is 0 Å². The average Bonchev–Trinajstić information content (AvgIpc) is 1.43. The van der Waals surface area contributed by atoms with E-state index in [0.717, 1.165) is 0 Å². The van der Waals surface area contributed by atoms with Gasteiger partial charge in [-0.25, -0.2) is 4.31 Å². The van der Waals surface area contributed by atoms with Gasteiger partial charge in [0.05, 0.1) is 20.2 Å². The number of hydrogen-bond donors (Lipinski definition) is 1. The number of rotatable bonds is 4. The van der Waals surface area contributed by atoms with E-state index in [9.17, 15) is 33.3 Å². The van der Waals surface area contributed by atoms with Crippen molar-refractivity contribution in [2.45, 2.75) is 0 Å². The van der Waals surface area contributed by atoms with Gasteiger partial charge in [-0.2, -0.15) is 9.90 Å². The second-order valence-electron chi connectivity index (χ2n) is 1.53. The summed E-state index contributed by atoms with van der Waals surface area (Å²) in [5.41, 5.74) is 0. The van der Waals surface area contributed by atoms with Crippen LogP contribution in [0, 0.1) is 12.4 Å². The Morgan fingerprint density at radius 1 is 0.938 bits per heavy atom. The number of hydrogen-bond acceptors (Lipinski definition) is 9. The Labute approximate surface area is 117 Å². The normalized spacial score (nSPS) is 17.8. The van der Waals surface area contributed by atoms with E-state index >= 15 is 0 Å². The summed E-state index contributed by atoms with van der Waals surface area (Å²) < 4.78 is 35.0. The van der Waals surface area contributed by atoms with Gasteiger partial charge >= 0.3 is 24.4 Å². The van der Waals surface area contributed by atoms with E-state index < -0.39 is 23.5 Å². The van der Waals surface area contributed by atoms with Crippen molar-refractivity contribution in [2.24, 2.45) is 0 Å². The Hall–Kier alpha value is 1.95. The monoisotopic (exact) mass is 446 g/mol. The summed E-state index contributed by atoms with van der Waals surface area (Å²) in [5, 5.41) is 0. The van der Waals surface area contributed by atoms with Crippen molar-refractivity contribution >= 4 is 57.8 Å². The Balaban J connectivity index is -0.000000240. The van der Waals surface area contributed by atoms with Gasteiger partial charge < -0.3 is 29.0 Å². The molecule has 3 unspecified atom stereocenters. The zero-order chi connectivity index (χ0) is 10.9. The first-order chi connectivity index (χ1) is 5.41. The summed E-state index contributed by atoms with van der Waals surface area (Å²) in [6.07, 6.45) is 0. The van der Waals surface area contributed by atoms with Gasteiger partial charge in [0.15, 0.2) is 0 Å². The van der Waals surface area contributed by atoms with Crippen LogP contribution in [0.2, 0.25) is 0 Å². The van der Waals surface area contributed by atoms with E-state index in [1.807, 2.05) is 0 Å². The van der Waals surface area contributed by atoms with Gasteiger partial charge in [0.2, 0.25) is 0 Å². The van der Waals surface area contributed by atoms with Crippen LogP contribution in [-0.2, 0) is 22.3 Å². The Morgan fingerprint density at radius 2 is 1.25 bits per heavy atom. The first kappa shape index (κ1) is 26.5. The minimum Gasteiger partial charge on any atom is -0.790 e. The predicted octanol–water partition coefficient (Wildman–Crippen LogP) is -4.08. The minimum atomic E-state index is -5.95. The topological polar surface area (TPSA) is 182 Å². The summed E-state index contributed by atoms with van der Waals surface area (Å²) in [5.74, 6) is 0. The van der Waals surface area contributed by atoms with Gasteiger partial charge in [-0.05, 0) is 0 Å².